The number of amides is 1. The molecular weight excluding hydrogens is 246 g/mol. The quantitative estimate of drug-likeness (QED) is 0.853. The molecule has 5 heteroatoms. The van der Waals surface area contributed by atoms with Crippen LogP contribution in [0.1, 0.15) is 36.7 Å². The van der Waals surface area contributed by atoms with Crippen molar-refractivity contribution in [2.24, 2.45) is 0 Å². The molecule has 0 radical (unpaired) electrons. The van der Waals surface area contributed by atoms with Gasteiger partial charge in [0.2, 0.25) is 0 Å². The normalized spacial score (nSPS) is 12.1. The first-order valence-corrected chi connectivity index (χ1v) is 6.12. The minimum Gasteiger partial charge on any atom is -0.481 e. The topological polar surface area (TPSA) is 75.6 Å². The zero-order valence-corrected chi connectivity index (χ0v) is 11.6. The van der Waals surface area contributed by atoms with Gasteiger partial charge in [0.25, 0.3) is 5.91 Å². The van der Waals surface area contributed by atoms with Gasteiger partial charge in [0, 0.05) is 6.04 Å². The fourth-order valence-corrected chi connectivity index (χ4v) is 1.56. The van der Waals surface area contributed by atoms with Crippen LogP contribution in [0.25, 0.3) is 0 Å². The molecule has 104 valence electrons. The third kappa shape index (κ3) is 4.28. The van der Waals surface area contributed by atoms with Gasteiger partial charge in [-0.1, -0.05) is 0 Å². The average molecular weight is 265 g/mol. The van der Waals surface area contributed by atoms with Crippen molar-refractivity contribution in [1.82, 2.24) is 5.32 Å². The number of carboxylic acid groups (broad SMARTS) is 1. The van der Waals surface area contributed by atoms with Crippen LogP contribution in [0.5, 0.6) is 5.75 Å². The Morgan fingerprint density at radius 3 is 2.37 bits per heavy atom. The molecule has 0 bridgehead atoms. The molecule has 1 aromatic carbocycles. The van der Waals surface area contributed by atoms with E-state index >= 15 is 0 Å². The maximum atomic E-state index is 11.7. The number of rotatable bonds is 5. The van der Waals surface area contributed by atoms with Crippen LogP contribution in [0, 0.1) is 6.92 Å². The number of benzene rings is 1. The largest absolute Gasteiger partial charge is 0.481 e. The predicted octanol–water partition coefficient (Wildman–Crippen LogP) is 1.99. The van der Waals surface area contributed by atoms with E-state index in [2.05, 4.69) is 5.32 Å². The smallest absolute Gasteiger partial charge is 0.335 e. The van der Waals surface area contributed by atoms with Crippen molar-refractivity contribution in [2.45, 2.75) is 39.8 Å². The van der Waals surface area contributed by atoms with E-state index in [1.165, 1.54) is 12.1 Å². The van der Waals surface area contributed by atoms with Gasteiger partial charge in [0.1, 0.15) is 5.75 Å². The molecule has 0 spiro atoms. The number of carboxylic acids is 1. The first kappa shape index (κ1) is 15.0. The number of carbonyl (C=O) groups is 2. The molecule has 0 fully saturated rings. The summed E-state index contributed by atoms with van der Waals surface area (Å²) in [6.07, 6.45) is -0.628. The highest BCUT2D eigenvalue weighted by Crippen LogP contribution is 2.20. The lowest BCUT2D eigenvalue weighted by atomic mass is 10.1. The summed E-state index contributed by atoms with van der Waals surface area (Å²) in [6.45, 7) is 7.14. The minimum absolute atomic E-state index is 0.0500. The van der Waals surface area contributed by atoms with E-state index in [-0.39, 0.29) is 17.5 Å². The Kier molecular flexibility index (Phi) is 4.92. The van der Waals surface area contributed by atoms with Crippen LogP contribution < -0.4 is 10.1 Å². The molecule has 0 aromatic heterocycles. The van der Waals surface area contributed by atoms with Gasteiger partial charge in [0.15, 0.2) is 6.10 Å². The van der Waals surface area contributed by atoms with E-state index in [0.29, 0.717) is 11.3 Å². The van der Waals surface area contributed by atoms with Gasteiger partial charge in [-0.25, -0.2) is 4.79 Å². The van der Waals surface area contributed by atoms with Crippen LogP contribution in [0.4, 0.5) is 0 Å². The highest BCUT2D eigenvalue weighted by molar-refractivity contribution is 5.88. The molecule has 1 aromatic rings. The van der Waals surface area contributed by atoms with E-state index in [4.69, 9.17) is 9.84 Å². The molecule has 2 N–H and O–H groups in total. The number of nitrogens with one attached hydrogen (secondary N) is 1. The maximum Gasteiger partial charge on any atom is 0.335 e. The van der Waals surface area contributed by atoms with E-state index in [1.807, 2.05) is 13.8 Å². The van der Waals surface area contributed by atoms with Gasteiger partial charge >= 0.3 is 5.97 Å². The molecule has 0 aliphatic heterocycles. The van der Waals surface area contributed by atoms with Crippen molar-refractivity contribution in [3.63, 3.8) is 0 Å². The molecule has 0 heterocycles. The Morgan fingerprint density at radius 2 is 1.89 bits per heavy atom. The van der Waals surface area contributed by atoms with Gasteiger partial charge in [-0.3, -0.25) is 4.79 Å². The number of carbonyl (C=O) groups excluding carboxylic acids is 1. The van der Waals surface area contributed by atoms with Crippen LogP contribution in [-0.4, -0.2) is 29.1 Å². The van der Waals surface area contributed by atoms with Crippen molar-refractivity contribution in [2.75, 3.05) is 0 Å². The summed E-state index contributed by atoms with van der Waals surface area (Å²) in [5.74, 6) is -0.673. The molecule has 1 rings (SSSR count). The maximum absolute atomic E-state index is 11.7. The summed E-state index contributed by atoms with van der Waals surface area (Å²) in [5.41, 5.74) is 0.883. The lowest BCUT2D eigenvalue weighted by Crippen LogP contribution is -2.40. The highest BCUT2D eigenvalue weighted by Gasteiger charge is 2.16. The summed E-state index contributed by atoms with van der Waals surface area (Å²) >= 11 is 0. The van der Waals surface area contributed by atoms with E-state index in [0.717, 1.165) is 0 Å². The van der Waals surface area contributed by atoms with Gasteiger partial charge in [-0.2, -0.15) is 0 Å². The lowest BCUT2D eigenvalue weighted by Gasteiger charge is -2.17. The van der Waals surface area contributed by atoms with Crippen LogP contribution >= 0.6 is 0 Å². The van der Waals surface area contributed by atoms with Gasteiger partial charge in [-0.15, -0.1) is 0 Å². The first-order chi connectivity index (χ1) is 8.81. The third-order valence-electron chi connectivity index (χ3n) is 2.53. The molecule has 5 nitrogen and oxygen atoms in total. The first-order valence-electron chi connectivity index (χ1n) is 6.12. The lowest BCUT2D eigenvalue weighted by molar-refractivity contribution is -0.127. The van der Waals surface area contributed by atoms with Gasteiger partial charge < -0.3 is 15.2 Å². The number of aromatic carboxylic acids is 1. The summed E-state index contributed by atoms with van der Waals surface area (Å²) in [6, 6.07) is 4.59. The third-order valence-corrected chi connectivity index (χ3v) is 2.53. The molecule has 0 aliphatic rings. The number of ether oxygens (including phenoxy) is 1. The molecule has 0 saturated carbocycles. The fraction of sp³-hybridized carbons (Fsp3) is 0.429. The Morgan fingerprint density at radius 1 is 1.26 bits per heavy atom. The van der Waals surface area contributed by atoms with Crippen molar-refractivity contribution in [1.29, 1.82) is 0 Å². The second-order valence-electron chi connectivity index (χ2n) is 4.71. The Hall–Kier alpha value is -2.04. The zero-order chi connectivity index (χ0) is 14.6. The highest BCUT2D eigenvalue weighted by atomic mass is 16.5. The molecule has 1 amide bonds. The zero-order valence-electron chi connectivity index (χ0n) is 11.6. The van der Waals surface area contributed by atoms with Crippen molar-refractivity contribution >= 4 is 11.9 Å². The molecular formula is C14H19NO4. The van der Waals surface area contributed by atoms with E-state index in [9.17, 15) is 9.59 Å². The van der Waals surface area contributed by atoms with Crippen molar-refractivity contribution in [3.8, 4) is 5.75 Å². The van der Waals surface area contributed by atoms with Crippen molar-refractivity contribution < 1.29 is 19.4 Å². The van der Waals surface area contributed by atoms with Crippen LogP contribution in [0.2, 0.25) is 0 Å². The minimum atomic E-state index is -0.986. The molecule has 1 unspecified atom stereocenters. The van der Waals surface area contributed by atoms with Crippen molar-refractivity contribution in [3.05, 3.63) is 29.3 Å². The average Bonchev–Trinajstić information content (AvgIpc) is 2.30. The molecule has 19 heavy (non-hydrogen) atoms. The van der Waals surface area contributed by atoms with E-state index in [1.54, 1.807) is 19.9 Å². The standard InChI is InChI=1S/C14H19NO4/c1-8(2)15-13(16)10(4)19-12-6-5-11(14(17)18)7-9(12)3/h5-8,10H,1-4H3,(H,15,16)(H,17,18). The summed E-state index contributed by atoms with van der Waals surface area (Å²) in [5, 5.41) is 11.6. The van der Waals surface area contributed by atoms with Gasteiger partial charge in [-0.05, 0) is 51.5 Å². The van der Waals surface area contributed by atoms with E-state index < -0.39 is 12.1 Å². The Balaban J connectivity index is 2.77. The molecule has 0 saturated heterocycles. The monoisotopic (exact) mass is 265 g/mol. The molecule has 1 atom stereocenters. The fourth-order valence-electron chi connectivity index (χ4n) is 1.56. The summed E-state index contributed by atoms with van der Waals surface area (Å²) < 4.78 is 5.54. The predicted molar refractivity (Wildman–Crippen MR) is 71.5 cm³/mol. The Bertz CT molecular complexity index is 482. The number of aryl methyl sites for hydroxylation is 1. The number of hydrogen-bond donors (Lipinski definition) is 2. The van der Waals surface area contributed by atoms with Crippen LogP contribution in [0.15, 0.2) is 18.2 Å². The van der Waals surface area contributed by atoms with Crippen LogP contribution in [-0.2, 0) is 4.79 Å². The van der Waals surface area contributed by atoms with Crippen LogP contribution in [0.3, 0.4) is 0 Å². The second-order valence-corrected chi connectivity index (χ2v) is 4.71. The Labute approximate surface area is 112 Å². The number of hydrogen-bond acceptors (Lipinski definition) is 3. The summed E-state index contributed by atoms with van der Waals surface area (Å²) in [4.78, 5) is 22.5. The molecule has 0 aliphatic carbocycles. The summed E-state index contributed by atoms with van der Waals surface area (Å²) in [7, 11) is 0. The SMILES string of the molecule is Cc1cc(C(=O)O)ccc1OC(C)C(=O)NC(C)C. The van der Waals surface area contributed by atoms with Gasteiger partial charge in [0.05, 0.1) is 5.56 Å². The second kappa shape index (κ2) is 6.22.